The van der Waals surface area contributed by atoms with Gasteiger partial charge in [0.15, 0.2) is 11.6 Å². The molecular weight excluding hydrogens is 340 g/mol. The fraction of sp³-hybridized carbons (Fsp3) is 0.391. The molecule has 0 radical (unpaired) electrons. The molecule has 0 saturated carbocycles. The monoisotopic (exact) mass is 368 g/mol. The molecule has 0 bridgehead atoms. The molecule has 0 amide bonds. The molecule has 27 heavy (non-hydrogen) atoms. The van der Waals surface area contributed by atoms with Crippen LogP contribution in [0.5, 0.6) is 0 Å². The maximum atomic E-state index is 13.3. The van der Waals surface area contributed by atoms with Gasteiger partial charge in [-0.2, -0.15) is 0 Å². The highest BCUT2D eigenvalue weighted by molar-refractivity contribution is 6.28. The first kappa shape index (κ1) is 20.7. The predicted molar refractivity (Wildman–Crippen MR) is 107 cm³/mol. The van der Waals surface area contributed by atoms with Crippen LogP contribution < -0.4 is 0 Å². The average Bonchev–Trinajstić information content (AvgIpc) is 2.67. The minimum atomic E-state index is -0.908. The number of aryl methyl sites for hydroxylation is 1. The van der Waals surface area contributed by atoms with E-state index in [-0.39, 0.29) is 17.1 Å². The zero-order valence-electron chi connectivity index (χ0n) is 16.8. The van der Waals surface area contributed by atoms with E-state index in [4.69, 9.17) is 4.74 Å². The summed E-state index contributed by atoms with van der Waals surface area (Å²) in [4.78, 5) is 26.1. The number of hydrogen-bond donors (Lipinski definition) is 1. The summed E-state index contributed by atoms with van der Waals surface area (Å²) in [6.07, 6.45) is 4.50. The van der Waals surface area contributed by atoms with Crippen molar-refractivity contribution in [1.29, 1.82) is 0 Å². The van der Waals surface area contributed by atoms with E-state index in [0.717, 1.165) is 11.1 Å². The lowest BCUT2D eigenvalue weighted by molar-refractivity contribution is -0.128. The van der Waals surface area contributed by atoms with Gasteiger partial charge < -0.3 is 9.84 Å². The van der Waals surface area contributed by atoms with Crippen LogP contribution in [0.3, 0.4) is 0 Å². The standard InChI is InChI=1S/C23H28O4/c1-6-17-20(25)19(21(26)23(7-2,8-3)22(17)27-5)18(24)14-13-16-11-9-15(4)10-12-16/h9-14,25H,6-8H2,1-5H3/b14-13+. The first-order valence-electron chi connectivity index (χ1n) is 9.41. The Morgan fingerprint density at radius 2 is 1.74 bits per heavy atom. The van der Waals surface area contributed by atoms with Crippen LogP contribution in [0.15, 0.2) is 53.0 Å². The van der Waals surface area contributed by atoms with Gasteiger partial charge in [0.2, 0.25) is 0 Å². The van der Waals surface area contributed by atoms with Gasteiger partial charge in [0.25, 0.3) is 0 Å². The zero-order chi connectivity index (χ0) is 20.2. The molecule has 0 atom stereocenters. The number of ketones is 2. The Balaban J connectivity index is 2.52. The van der Waals surface area contributed by atoms with Crippen molar-refractivity contribution in [1.82, 2.24) is 0 Å². The fourth-order valence-corrected chi connectivity index (χ4v) is 3.70. The maximum absolute atomic E-state index is 13.3. The smallest absolute Gasteiger partial charge is 0.193 e. The SMILES string of the molecule is CCC1=C(OC)C(CC)(CC)C(=O)C(C(=O)/C=C/c2ccc(C)cc2)=C1O. The number of Topliss-reactive ketones (excluding diaryl/α,β-unsaturated/α-hetero) is 1. The Morgan fingerprint density at radius 3 is 2.22 bits per heavy atom. The lowest BCUT2D eigenvalue weighted by atomic mass is 9.68. The molecule has 0 heterocycles. The molecule has 4 heteroatoms. The van der Waals surface area contributed by atoms with E-state index in [0.29, 0.717) is 30.6 Å². The van der Waals surface area contributed by atoms with Gasteiger partial charge in [0.05, 0.1) is 12.5 Å². The van der Waals surface area contributed by atoms with E-state index in [9.17, 15) is 14.7 Å². The summed E-state index contributed by atoms with van der Waals surface area (Å²) in [5.74, 6) is -0.616. The molecule has 0 aliphatic heterocycles. The van der Waals surface area contributed by atoms with E-state index >= 15 is 0 Å². The van der Waals surface area contributed by atoms with Crippen LogP contribution in [-0.4, -0.2) is 23.8 Å². The Morgan fingerprint density at radius 1 is 1.15 bits per heavy atom. The molecule has 144 valence electrons. The van der Waals surface area contributed by atoms with Gasteiger partial charge in [-0.05, 0) is 37.8 Å². The fourth-order valence-electron chi connectivity index (χ4n) is 3.70. The molecule has 0 saturated heterocycles. The van der Waals surface area contributed by atoms with E-state index < -0.39 is 11.2 Å². The van der Waals surface area contributed by atoms with Gasteiger partial charge in [0, 0.05) is 5.57 Å². The number of aliphatic hydroxyl groups excluding tert-OH is 1. The van der Waals surface area contributed by atoms with Gasteiger partial charge in [-0.1, -0.05) is 56.7 Å². The van der Waals surface area contributed by atoms with Crippen molar-refractivity contribution in [3.8, 4) is 0 Å². The summed E-state index contributed by atoms with van der Waals surface area (Å²) in [5, 5.41) is 10.7. The largest absolute Gasteiger partial charge is 0.507 e. The van der Waals surface area contributed by atoms with Crippen LogP contribution in [0.4, 0.5) is 0 Å². The number of rotatable bonds is 7. The number of aliphatic hydroxyl groups is 1. The second-order valence-electron chi connectivity index (χ2n) is 6.82. The Kier molecular flexibility index (Phi) is 6.42. The summed E-state index contributed by atoms with van der Waals surface area (Å²) >= 11 is 0. The van der Waals surface area contributed by atoms with Crippen molar-refractivity contribution >= 4 is 17.6 Å². The molecule has 0 spiro atoms. The molecular formula is C23H28O4. The second kappa shape index (κ2) is 8.38. The van der Waals surface area contributed by atoms with E-state index in [2.05, 4.69) is 0 Å². The van der Waals surface area contributed by atoms with Gasteiger partial charge in [-0.25, -0.2) is 0 Å². The summed E-state index contributed by atoms with van der Waals surface area (Å²) in [7, 11) is 1.51. The zero-order valence-corrected chi connectivity index (χ0v) is 16.8. The molecule has 1 aromatic carbocycles. The van der Waals surface area contributed by atoms with Crippen LogP contribution in [-0.2, 0) is 14.3 Å². The van der Waals surface area contributed by atoms with Crippen LogP contribution in [0.1, 0.15) is 51.2 Å². The minimum absolute atomic E-state index is 0.139. The van der Waals surface area contributed by atoms with Crippen molar-refractivity contribution in [3.63, 3.8) is 0 Å². The van der Waals surface area contributed by atoms with Crippen LogP contribution in [0, 0.1) is 12.3 Å². The number of benzene rings is 1. The molecule has 2 rings (SSSR count). The highest BCUT2D eigenvalue weighted by Gasteiger charge is 2.49. The van der Waals surface area contributed by atoms with E-state index in [1.54, 1.807) is 6.08 Å². The van der Waals surface area contributed by atoms with Crippen LogP contribution in [0.25, 0.3) is 6.08 Å². The molecule has 0 unspecified atom stereocenters. The number of methoxy groups -OCH3 is 1. The third kappa shape index (κ3) is 3.61. The van der Waals surface area contributed by atoms with Gasteiger partial charge in [-0.15, -0.1) is 0 Å². The highest BCUT2D eigenvalue weighted by Crippen LogP contribution is 2.46. The van der Waals surface area contributed by atoms with Crippen molar-refractivity contribution in [2.45, 2.75) is 47.0 Å². The van der Waals surface area contributed by atoms with Crippen LogP contribution >= 0.6 is 0 Å². The molecule has 0 fully saturated rings. The highest BCUT2D eigenvalue weighted by atomic mass is 16.5. The van der Waals surface area contributed by atoms with E-state index in [1.165, 1.54) is 13.2 Å². The van der Waals surface area contributed by atoms with Gasteiger partial charge in [0.1, 0.15) is 17.1 Å². The first-order chi connectivity index (χ1) is 12.9. The second-order valence-corrected chi connectivity index (χ2v) is 6.82. The van der Waals surface area contributed by atoms with Crippen molar-refractivity contribution in [2.24, 2.45) is 5.41 Å². The molecule has 4 nitrogen and oxygen atoms in total. The topological polar surface area (TPSA) is 63.6 Å². The van der Waals surface area contributed by atoms with Crippen molar-refractivity contribution in [2.75, 3.05) is 7.11 Å². The summed E-state index contributed by atoms with van der Waals surface area (Å²) in [6.45, 7) is 7.67. The summed E-state index contributed by atoms with van der Waals surface area (Å²) < 4.78 is 5.54. The van der Waals surface area contributed by atoms with Crippen molar-refractivity contribution < 1.29 is 19.4 Å². The molecule has 1 aliphatic carbocycles. The Bertz CT molecular complexity index is 818. The van der Waals surface area contributed by atoms with E-state index in [1.807, 2.05) is 52.0 Å². The number of carbonyl (C=O) groups excluding carboxylic acids is 2. The molecule has 1 aliphatic rings. The lowest BCUT2D eigenvalue weighted by Gasteiger charge is -2.37. The third-order valence-corrected chi connectivity index (χ3v) is 5.41. The molecule has 0 aromatic heterocycles. The number of carbonyl (C=O) groups is 2. The lowest BCUT2D eigenvalue weighted by Crippen LogP contribution is -2.40. The maximum Gasteiger partial charge on any atom is 0.193 e. The summed E-state index contributed by atoms with van der Waals surface area (Å²) in [6, 6.07) is 7.71. The van der Waals surface area contributed by atoms with Gasteiger partial charge in [-0.3, -0.25) is 9.59 Å². The quantitative estimate of drug-likeness (QED) is 0.538. The average molecular weight is 368 g/mol. The third-order valence-electron chi connectivity index (χ3n) is 5.41. The first-order valence-corrected chi connectivity index (χ1v) is 9.41. The number of hydrogen-bond acceptors (Lipinski definition) is 4. The summed E-state index contributed by atoms with van der Waals surface area (Å²) in [5.41, 5.74) is 1.47. The molecule has 1 aromatic rings. The normalized spacial score (nSPS) is 17.0. The minimum Gasteiger partial charge on any atom is -0.507 e. The van der Waals surface area contributed by atoms with Gasteiger partial charge >= 0.3 is 0 Å². The molecule has 1 N–H and O–H groups in total. The predicted octanol–water partition coefficient (Wildman–Crippen LogP) is 5.09. The number of allylic oxidation sites excluding steroid dienone is 4. The van der Waals surface area contributed by atoms with Crippen molar-refractivity contribution in [3.05, 3.63) is 64.1 Å². The number of ether oxygens (including phenoxy) is 1. The Labute approximate surface area is 161 Å². The Hall–Kier alpha value is -2.62. The van der Waals surface area contributed by atoms with Crippen LogP contribution in [0.2, 0.25) is 0 Å².